The Bertz CT molecular complexity index is 525. The SMILES string of the molecule is CC(C(=O)O)(C1CCCCC1)C(Cc1ccccc1)[P+](=O)O. The van der Waals surface area contributed by atoms with Gasteiger partial charge in [-0.05, 0) is 35.8 Å². The fourth-order valence-corrected chi connectivity index (χ4v) is 4.80. The van der Waals surface area contributed by atoms with Crippen LogP contribution in [-0.2, 0) is 15.8 Å². The van der Waals surface area contributed by atoms with Crippen LogP contribution in [0.1, 0.15) is 44.6 Å². The maximum Gasteiger partial charge on any atom is 0.510 e. The summed E-state index contributed by atoms with van der Waals surface area (Å²) in [5.41, 5.74) is -1.00. The highest BCUT2D eigenvalue weighted by Crippen LogP contribution is 2.49. The highest BCUT2D eigenvalue weighted by molar-refractivity contribution is 7.39. The van der Waals surface area contributed by atoms with Crippen molar-refractivity contribution in [3.05, 3.63) is 35.9 Å². The van der Waals surface area contributed by atoms with Crippen LogP contribution in [0.2, 0.25) is 0 Å². The lowest BCUT2D eigenvalue weighted by molar-refractivity contribution is -0.152. The monoisotopic (exact) mass is 323 g/mol. The lowest BCUT2D eigenvalue weighted by Gasteiger charge is -2.37. The minimum atomic E-state index is -2.56. The van der Waals surface area contributed by atoms with Gasteiger partial charge in [0.25, 0.3) is 0 Å². The van der Waals surface area contributed by atoms with Gasteiger partial charge in [0.15, 0.2) is 0 Å². The van der Waals surface area contributed by atoms with Gasteiger partial charge < -0.3 is 5.11 Å². The van der Waals surface area contributed by atoms with E-state index < -0.39 is 25.1 Å². The molecule has 0 aliphatic heterocycles. The molecule has 4 nitrogen and oxygen atoms in total. The first kappa shape index (κ1) is 17.1. The van der Waals surface area contributed by atoms with E-state index in [1.54, 1.807) is 6.92 Å². The Labute approximate surface area is 132 Å². The molecule has 1 aromatic carbocycles. The molecule has 1 fully saturated rings. The van der Waals surface area contributed by atoms with Crippen LogP contribution in [-0.4, -0.2) is 21.6 Å². The van der Waals surface area contributed by atoms with E-state index in [4.69, 9.17) is 0 Å². The summed E-state index contributed by atoms with van der Waals surface area (Å²) in [7, 11) is -2.56. The molecule has 1 aliphatic carbocycles. The van der Waals surface area contributed by atoms with Gasteiger partial charge in [-0.2, -0.15) is 4.89 Å². The third kappa shape index (κ3) is 3.56. The molecule has 0 amide bonds. The Morgan fingerprint density at radius 1 is 1.27 bits per heavy atom. The van der Waals surface area contributed by atoms with Crippen molar-refractivity contribution >= 4 is 14.0 Å². The van der Waals surface area contributed by atoms with Gasteiger partial charge in [-0.3, -0.25) is 4.79 Å². The first-order valence-corrected chi connectivity index (χ1v) is 9.17. The first-order valence-electron chi connectivity index (χ1n) is 7.88. The molecular formula is C17H24O4P+. The molecular weight excluding hydrogens is 299 g/mol. The molecule has 0 radical (unpaired) electrons. The lowest BCUT2D eigenvalue weighted by atomic mass is 9.67. The Morgan fingerprint density at radius 2 is 1.86 bits per heavy atom. The van der Waals surface area contributed by atoms with E-state index in [1.807, 2.05) is 30.3 Å². The second-order valence-electron chi connectivity index (χ2n) is 6.43. The van der Waals surface area contributed by atoms with Gasteiger partial charge in [-0.25, -0.2) is 0 Å². The van der Waals surface area contributed by atoms with Crippen LogP contribution in [0.15, 0.2) is 30.3 Å². The number of carboxylic acids is 1. The van der Waals surface area contributed by atoms with E-state index in [9.17, 15) is 19.4 Å². The molecule has 5 heteroatoms. The van der Waals surface area contributed by atoms with Crippen LogP contribution in [0, 0.1) is 11.3 Å². The molecule has 0 heterocycles. The molecule has 0 spiro atoms. The normalized spacial score (nSPS) is 20.9. The number of carboxylic acid groups (broad SMARTS) is 1. The number of hydrogen-bond acceptors (Lipinski definition) is 2. The summed E-state index contributed by atoms with van der Waals surface area (Å²) in [5.74, 6) is -0.976. The van der Waals surface area contributed by atoms with Crippen molar-refractivity contribution in [2.45, 2.75) is 51.1 Å². The van der Waals surface area contributed by atoms with Crippen molar-refractivity contribution in [1.29, 1.82) is 0 Å². The molecule has 120 valence electrons. The smallest absolute Gasteiger partial charge is 0.481 e. The number of aliphatic carboxylic acids is 1. The van der Waals surface area contributed by atoms with Gasteiger partial charge in [0, 0.05) is 6.42 Å². The van der Waals surface area contributed by atoms with Crippen molar-refractivity contribution < 1.29 is 19.4 Å². The standard InChI is InChI=1S/C17H23O4P/c1-17(16(18)19,14-10-6-3-7-11-14)15(22(20)21)12-13-8-4-2-5-9-13/h2,4-5,8-9,14-15H,3,6-7,10-12H2,1H3,(H-,18,19,20,21)/p+1. The van der Waals surface area contributed by atoms with Crippen molar-refractivity contribution in [2.75, 3.05) is 0 Å². The van der Waals surface area contributed by atoms with E-state index >= 15 is 0 Å². The first-order chi connectivity index (χ1) is 10.5. The Hall–Kier alpha value is -1.25. The van der Waals surface area contributed by atoms with E-state index in [1.165, 1.54) is 0 Å². The lowest BCUT2D eigenvalue weighted by Crippen LogP contribution is -2.46. The summed E-state index contributed by atoms with van der Waals surface area (Å²) < 4.78 is 12.0. The van der Waals surface area contributed by atoms with Crippen LogP contribution in [0.4, 0.5) is 0 Å². The highest BCUT2D eigenvalue weighted by Gasteiger charge is 2.56. The van der Waals surface area contributed by atoms with E-state index in [-0.39, 0.29) is 5.92 Å². The molecule has 0 saturated heterocycles. The maximum atomic E-state index is 12.0. The third-order valence-corrected chi connectivity index (χ3v) is 6.40. The van der Waals surface area contributed by atoms with Crippen LogP contribution in [0.5, 0.6) is 0 Å². The second-order valence-corrected chi connectivity index (χ2v) is 7.66. The number of benzene rings is 1. The third-order valence-electron chi connectivity index (χ3n) is 5.14. The van der Waals surface area contributed by atoms with Gasteiger partial charge in [0.2, 0.25) is 5.66 Å². The van der Waals surface area contributed by atoms with Crippen LogP contribution < -0.4 is 0 Å². The molecule has 3 atom stereocenters. The van der Waals surface area contributed by atoms with Crippen molar-refractivity contribution in [1.82, 2.24) is 0 Å². The molecule has 0 bridgehead atoms. The zero-order chi connectivity index (χ0) is 16.2. The van der Waals surface area contributed by atoms with E-state index in [0.717, 1.165) is 37.7 Å². The highest BCUT2D eigenvalue weighted by atomic mass is 31.1. The molecule has 1 saturated carbocycles. The summed E-state index contributed by atoms with van der Waals surface area (Å²) in [4.78, 5) is 21.9. The molecule has 1 aromatic rings. The van der Waals surface area contributed by atoms with Crippen LogP contribution >= 0.6 is 8.03 Å². The van der Waals surface area contributed by atoms with Gasteiger partial charge in [0.1, 0.15) is 5.41 Å². The van der Waals surface area contributed by atoms with Gasteiger partial charge in [-0.1, -0.05) is 49.6 Å². The summed E-state index contributed by atoms with van der Waals surface area (Å²) >= 11 is 0. The minimum absolute atomic E-state index is 0.0291. The Morgan fingerprint density at radius 3 is 2.36 bits per heavy atom. The zero-order valence-corrected chi connectivity index (χ0v) is 13.8. The summed E-state index contributed by atoms with van der Waals surface area (Å²) in [6.07, 6.45) is 5.13. The molecule has 1 aliphatic rings. The molecule has 3 unspecified atom stereocenters. The Kier molecular flexibility index (Phi) is 5.71. The maximum absolute atomic E-state index is 12.0. The van der Waals surface area contributed by atoms with E-state index in [0.29, 0.717) is 6.42 Å². The minimum Gasteiger partial charge on any atom is -0.481 e. The number of hydrogen-bond donors (Lipinski definition) is 2. The van der Waals surface area contributed by atoms with Crippen molar-refractivity contribution in [2.24, 2.45) is 11.3 Å². The summed E-state index contributed by atoms with van der Waals surface area (Å²) in [5, 5.41) is 9.84. The zero-order valence-electron chi connectivity index (χ0n) is 12.9. The molecule has 0 aromatic heterocycles. The molecule has 2 rings (SSSR count). The quantitative estimate of drug-likeness (QED) is 0.776. The molecule has 2 N–H and O–H groups in total. The van der Waals surface area contributed by atoms with Crippen LogP contribution in [0.25, 0.3) is 0 Å². The van der Waals surface area contributed by atoms with Crippen molar-refractivity contribution in [3.8, 4) is 0 Å². The summed E-state index contributed by atoms with van der Waals surface area (Å²) in [6, 6.07) is 9.39. The second kappa shape index (κ2) is 7.34. The average molecular weight is 323 g/mol. The summed E-state index contributed by atoms with van der Waals surface area (Å²) in [6.45, 7) is 1.67. The van der Waals surface area contributed by atoms with Gasteiger partial charge in [-0.15, -0.1) is 0 Å². The van der Waals surface area contributed by atoms with Crippen LogP contribution in [0.3, 0.4) is 0 Å². The topological polar surface area (TPSA) is 74.6 Å². The van der Waals surface area contributed by atoms with E-state index in [2.05, 4.69) is 0 Å². The largest absolute Gasteiger partial charge is 0.510 e. The van der Waals surface area contributed by atoms with Gasteiger partial charge in [0.05, 0.1) is 0 Å². The predicted octanol–water partition coefficient (Wildman–Crippen LogP) is 4.00. The van der Waals surface area contributed by atoms with Crippen molar-refractivity contribution in [3.63, 3.8) is 0 Å². The predicted molar refractivity (Wildman–Crippen MR) is 86.1 cm³/mol. The Balaban J connectivity index is 2.32. The fraction of sp³-hybridized carbons (Fsp3) is 0.588. The molecule has 22 heavy (non-hydrogen) atoms. The number of rotatable bonds is 6. The number of carbonyl (C=O) groups is 1. The fourth-order valence-electron chi connectivity index (χ4n) is 3.65. The van der Waals surface area contributed by atoms with Gasteiger partial charge >= 0.3 is 14.0 Å². The average Bonchev–Trinajstić information content (AvgIpc) is 2.53.